The molecule has 6 nitrogen and oxygen atoms in total. The fourth-order valence-electron chi connectivity index (χ4n) is 2.21. The number of rotatable bonds is 8. The van der Waals surface area contributed by atoms with Gasteiger partial charge in [-0.2, -0.15) is 8.78 Å². The molecular weight excluding hydrogens is 336 g/mol. The van der Waals surface area contributed by atoms with E-state index in [1.165, 1.54) is 25.1 Å². The van der Waals surface area contributed by atoms with Crippen molar-refractivity contribution in [3.8, 4) is 5.75 Å². The first-order chi connectivity index (χ1) is 11.8. The normalized spacial score (nSPS) is 10.7. The summed E-state index contributed by atoms with van der Waals surface area (Å²) in [5.74, 6) is -0.623. The average molecular weight is 353 g/mol. The number of carboxylic acid groups (broad SMARTS) is 1. The van der Waals surface area contributed by atoms with Crippen LogP contribution in [0.5, 0.6) is 5.75 Å². The second kappa shape index (κ2) is 8.27. The van der Waals surface area contributed by atoms with Gasteiger partial charge in [-0.1, -0.05) is 12.1 Å². The number of alkyl halides is 2. The number of carbonyl (C=O) groups excluding carboxylic acids is 1. The molecule has 0 bridgehead atoms. The predicted octanol–water partition coefficient (Wildman–Crippen LogP) is 3.14. The average Bonchev–Trinajstić information content (AvgIpc) is 2.93. The minimum atomic E-state index is -2.87. The minimum Gasteiger partial charge on any atom is -0.478 e. The second-order valence-electron chi connectivity index (χ2n) is 5.29. The molecule has 0 atom stereocenters. The number of aryl methyl sites for hydroxylation is 2. The largest absolute Gasteiger partial charge is 0.478 e. The molecular formula is C17H17F2NO5. The molecule has 0 radical (unpaired) electrons. The fourth-order valence-corrected chi connectivity index (χ4v) is 2.21. The van der Waals surface area contributed by atoms with E-state index in [4.69, 9.17) is 9.52 Å². The van der Waals surface area contributed by atoms with Gasteiger partial charge in [0.05, 0.1) is 6.54 Å². The minimum absolute atomic E-state index is 0.0608. The summed E-state index contributed by atoms with van der Waals surface area (Å²) in [6, 6.07) is 7.43. The number of amides is 1. The maximum atomic E-state index is 12.1. The van der Waals surface area contributed by atoms with Crippen molar-refractivity contribution in [3.05, 3.63) is 53.0 Å². The first-order valence-corrected chi connectivity index (χ1v) is 7.48. The molecule has 134 valence electrons. The Bertz CT molecular complexity index is 740. The number of carboxylic acids is 1. The summed E-state index contributed by atoms with van der Waals surface area (Å²) in [4.78, 5) is 22.8. The summed E-state index contributed by atoms with van der Waals surface area (Å²) < 4.78 is 33.6. The van der Waals surface area contributed by atoms with Gasteiger partial charge in [0.15, 0.2) is 0 Å². The molecule has 1 aromatic carbocycles. The molecule has 8 heteroatoms. The molecule has 1 heterocycles. The van der Waals surface area contributed by atoms with Crippen LogP contribution in [0.15, 0.2) is 34.7 Å². The Kier molecular flexibility index (Phi) is 6.10. The quantitative estimate of drug-likeness (QED) is 0.761. The number of benzene rings is 1. The molecule has 0 unspecified atom stereocenters. The standard InChI is InChI=1S/C17H17F2NO5/c1-10-14(16(22)23)8-13(24-10)9-20-15(21)7-4-11-2-5-12(6-3-11)25-17(18)19/h2-3,5-6,8,17H,4,7,9H2,1H3,(H,20,21)(H,22,23). The van der Waals surface area contributed by atoms with Gasteiger partial charge in [-0.15, -0.1) is 0 Å². The van der Waals surface area contributed by atoms with Crippen LogP contribution >= 0.6 is 0 Å². The number of aromatic carboxylic acids is 1. The highest BCUT2D eigenvalue weighted by Gasteiger charge is 2.14. The summed E-state index contributed by atoms with van der Waals surface area (Å²) >= 11 is 0. The van der Waals surface area contributed by atoms with Gasteiger partial charge in [0.2, 0.25) is 5.91 Å². The van der Waals surface area contributed by atoms with E-state index in [-0.39, 0.29) is 35.9 Å². The van der Waals surface area contributed by atoms with E-state index < -0.39 is 12.6 Å². The molecule has 0 aliphatic heterocycles. The van der Waals surface area contributed by atoms with Gasteiger partial charge in [-0.05, 0) is 37.1 Å². The van der Waals surface area contributed by atoms with E-state index >= 15 is 0 Å². The zero-order chi connectivity index (χ0) is 18.4. The van der Waals surface area contributed by atoms with Crippen LogP contribution < -0.4 is 10.1 Å². The summed E-state index contributed by atoms with van der Waals surface area (Å²) in [7, 11) is 0. The Balaban J connectivity index is 1.79. The molecule has 0 saturated heterocycles. The van der Waals surface area contributed by atoms with Crippen LogP contribution in [-0.4, -0.2) is 23.6 Å². The molecule has 1 amide bonds. The first kappa shape index (κ1) is 18.4. The van der Waals surface area contributed by atoms with Gasteiger partial charge < -0.3 is 19.6 Å². The maximum Gasteiger partial charge on any atom is 0.387 e. The number of nitrogens with one attached hydrogen (secondary N) is 1. The van der Waals surface area contributed by atoms with Crippen molar-refractivity contribution in [2.75, 3.05) is 0 Å². The van der Waals surface area contributed by atoms with Gasteiger partial charge in [0.1, 0.15) is 22.8 Å². The maximum absolute atomic E-state index is 12.1. The number of hydrogen-bond acceptors (Lipinski definition) is 4. The number of furan rings is 1. The van der Waals surface area contributed by atoms with E-state index in [1.54, 1.807) is 12.1 Å². The molecule has 2 aromatic rings. The van der Waals surface area contributed by atoms with Crippen molar-refractivity contribution in [3.63, 3.8) is 0 Å². The first-order valence-electron chi connectivity index (χ1n) is 7.48. The zero-order valence-electron chi connectivity index (χ0n) is 13.4. The van der Waals surface area contributed by atoms with Crippen LogP contribution in [0, 0.1) is 6.92 Å². The lowest BCUT2D eigenvalue weighted by Crippen LogP contribution is -2.22. The molecule has 0 aliphatic rings. The molecule has 25 heavy (non-hydrogen) atoms. The van der Waals surface area contributed by atoms with Crippen molar-refractivity contribution < 1.29 is 32.6 Å². The van der Waals surface area contributed by atoms with Crippen molar-refractivity contribution in [1.82, 2.24) is 5.32 Å². The summed E-state index contributed by atoms with van der Waals surface area (Å²) in [5, 5.41) is 11.6. The van der Waals surface area contributed by atoms with Gasteiger partial charge in [0, 0.05) is 6.42 Å². The van der Waals surface area contributed by atoms with E-state index in [2.05, 4.69) is 10.1 Å². The van der Waals surface area contributed by atoms with E-state index in [1.807, 2.05) is 0 Å². The zero-order valence-corrected chi connectivity index (χ0v) is 13.4. The van der Waals surface area contributed by atoms with Gasteiger partial charge >= 0.3 is 12.6 Å². The molecule has 2 rings (SSSR count). The van der Waals surface area contributed by atoms with Crippen molar-refractivity contribution in [1.29, 1.82) is 0 Å². The van der Waals surface area contributed by atoms with Crippen molar-refractivity contribution in [2.45, 2.75) is 32.9 Å². The lowest BCUT2D eigenvalue weighted by molar-refractivity contribution is -0.121. The highest BCUT2D eigenvalue weighted by molar-refractivity contribution is 5.88. The monoisotopic (exact) mass is 353 g/mol. The fraction of sp³-hybridized carbons (Fsp3) is 0.294. The third-order valence-electron chi connectivity index (χ3n) is 3.45. The lowest BCUT2D eigenvalue weighted by Gasteiger charge is -2.06. The number of ether oxygens (including phenoxy) is 1. The topological polar surface area (TPSA) is 88.8 Å². The molecule has 2 N–H and O–H groups in total. The summed E-state index contributed by atoms with van der Waals surface area (Å²) in [6.07, 6.45) is 0.624. The number of carbonyl (C=O) groups is 2. The van der Waals surface area contributed by atoms with Crippen LogP contribution in [0.4, 0.5) is 8.78 Å². The van der Waals surface area contributed by atoms with E-state index in [0.717, 1.165) is 5.56 Å². The number of halogens is 2. The van der Waals surface area contributed by atoms with Crippen LogP contribution in [0.1, 0.15) is 33.9 Å². The highest BCUT2D eigenvalue weighted by Crippen LogP contribution is 2.16. The molecule has 1 aromatic heterocycles. The van der Waals surface area contributed by atoms with Gasteiger partial charge in [-0.3, -0.25) is 4.79 Å². The van der Waals surface area contributed by atoms with Crippen LogP contribution in [0.2, 0.25) is 0 Å². The number of hydrogen-bond donors (Lipinski definition) is 2. The molecule has 0 spiro atoms. The van der Waals surface area contributed by atoms with Crippen molar-refractivity contribution >= 4 is 11.9 Å². The Hall–Kier alpha value is -2.90. The van der Waals surface area contributed by atoms with Gasteiger partial charge in [0.25, 0.3) is 0 Å². The highest BCUT2D eigenvalue weighted by atomic mass is 19.3. The molecule has 0 fully saturated rings. The van der Waals surface area contributed by atoms with Crippen LogP contribution in [0.3, 0.4) is 0 Å². The van der Waals surface area contributed by atoms with E-state index in [0.29, 0.717) is 12.2 Å². The molecule has 0 aliphatic carbocycles. The third kappa shape index (κ3) is 5.59. The van der Waals surface area contributed by atoms with E-state index in [9.17, 15) is 18.4 Å². The lowest BCUT2D eigenvalue weighted by atomic mass is 10.1. The van der Waals surface area contributed by atoms with Gasteiger partial charge in [-0.25, -0.2) is 4.79 Å². The smallest absolute Gasteiger partial charge is 0.387 e. The Morgan fingerprint density at radius 2 is 1.96 bits per heavy atom. The Morgan fingerprint density at radius 1 is 1.28 bits per heavy atom. The third-order valence-corrected chi connectivity index (χ3v) is 3.45. The van der Waals surface area contributed by atoms with Crippen LogP contribution in [0.25, 0.3) is 0 Å². The Morgan fingerprint density at radius 3 is 2.52 bits per heavy atom. The SMILES string of the molecule is Cc1oc(CNC(=O)CCc2ccc(OC(F)F)cc2)cc1C(=O)O. The second-order valence-corrected chi connectivity index (χ2v) is 5.29. The summed E-state index contributed by atoms with van der Waals surface area (Å²) in [5.41, 5.74) is 0.870. The van der Waals surface area contributed by atoms with Crippen molar-refractivity contribution in [2.24, 2.45) is 0 Å². The molecule has 0 saturated carbocycles. The Labute approximate surface area is 142 Å². The summed E-state index contributed by atoms with van der Waals surface area (Å²) in [6.45, 7) is -1.24. The van der Waals surface area contributed by atoms with Crippen LogP contribution in [-0.2, 0) is 17.8 Å². The predicted molar refractivity (Wildman–Crippen MR) is 83.6 cm³/mol.